The predicted octanol–water partition coefficient (Wildman–Crippen LogP) is 4.91. The first kappa shape index (κ1) is 20.8. The summed E-state index contributed by atoms with van der Waals surface area (Å²) in [5.41, 5.74) is 2.29. The number of benzene rings is 1. The molecular formula is C24H29FN6O. The molecule has 8 heteroatoms. The fourth-order valence-corrected chi connectivity index (χ4v) is 4.92. The van der Waals surface area contributed by atoms with E-state index in [-0.39, 0.29) is 17.7 Å². The van der Waals surface area contributed by atoms with Crippen LogP contribution < -0.4 is 4.90 Å². The maximum atomic E-state index is 14.5. The molecular weight excluding hydrogens is 407 g/mol. The summed E-state index contributed by atoms with van der Waals surface area (Å²) in [6.07, 6.45) is 11.1. The van der Waals surface area contributed by atoms with Crippen LogP contribution in [0.3, 0.4) is 0 Å². The van der Waals surface area contributed by atoms with Crippen molar-refractivity contribution in [1.82, 2.24) is 25.4 Å². The molecule has 0 spiro atoms. The number of halogens is 1. The SMILES string of the molecule is CC[C@H]1C[C@@H](N(c2cnc(-c3ccc(-c4cn[nH]c4)cc3O)nn2)C2CC2)CCC[C@@H]1F. The summed E-state index contributed by atoms with van der Waals surface area (Å²) in [6.45, 7) is 2.08. The number of phenolic OH excluding ortho intramolecular Hbond substituents is 1. The van der Waals surface area contributed by atoms with Gasteiger partial charge < -0.3 is 10.0 Å². The monoisotopic (exact) mass is 436 g/mol. The molecule has 3 atom stereocenters. The van der Waals surface area contributed by atoms with Crippen LogP contribution in [0.2, 0.25) is 0 Å². The summed E-state index contributed by atoms with van der Waals surface area (Å²) in [5.74, 6) is 1.34. The van der Waals surface area contributed by atoms with Gasteiger partial charge in [0, 0.05) is 23.8 Å². The van der Waals surface area contributed by atoms with Gasteiger partial charge >= 0.3 is 0 Å². The molecule has 0 unspecified atom stereocenters. The van der Waals surface area contributed by atoms with Gasteiger partial charge in [0.15, 0.2) is 11.6 Å². The zero-order valence-electron chi connectivity index (χ0n) is 18.3. The quantitative estimate of drug-likeness (QED) is 0.534. The van der Waals surface area contributed by atoms with Crippen molar-refractivity contribution in [2.24, 2.45) is 5.92 Å². The first-order chi connectivity index (χ1) is 15.6. The van der Waals surface area contributed by atoms with Crippen LogP contribution in [0.1, 0.15) is 51.9 Å². The highest BCUT2D eigenvalue weighted by Gasteiger charge is 2.38. The lowest BCUT2D eigenvalue weighted by atomic mass is 9.93. The summed E-state index contributed by atoms with van der Waals surface area (Å²) in [6, 6.07) is 6.09. The van der Waals surface area contributed by atoms with Crippen molar-refractivity contribution in [3.8, 4) is 28.3 Å². The van der Waals surface area contributed by atoms with E-state index in [0.717, 1.165) is 55.5 Å². The topological polar surface area (TPSA) is 90.8 Å². The lowest BCUT2D eigenvalue weighted by molar-refractivity contribution is 0.206. The van der Waals surface area contributed by atoms with E-state index < -0.39 is 6.17 Å². The van der Waals surface area contributed by atoms with Gasteiger partial charge in [0.25, 0.3) is 0 Å². The molecule has 2 fully saturated rings. The van der Waals surface area contributed by atoms with Crippen molar-refractivity contribution in [3.63, 3.8) is 0 Å². The first-order valence-corrected chi connectivity index (χ1v) is 11.6. The molecule has 2 aromatic heterocycles. The van der Waals surface area contributed by atoms with Crippen molar-refractivity contribution >= 4 is 5.82 Å². The van der Waals surface area contributed by atoms with E-state index in [1.165, 1.54) is 0 Å². The molecule has 2 heterocycles. The summed E-state index contributed by atoms with van der Waals surface area (Å²) in [4.78, 5) is 6.88. The minimum Gasteiger partial charge on any atom is -0.507 e. The molecule has 0 bridgehead atoms. The Morgan fingerprint density at radius 3 is 2.62 bits per heavy atom. The summed E-state index contributed by atoms with van der Waals surface area (Å²) in [7, 11) is 0. The Morgan fingerprint density at radius 1 is 1.09 bits per heavy atom. The first-order valence-electron chi connectivity index (χ1n) is 11.6. The number of hydrogen-bond donors (Lipinski definition) is 2. The molecule has 32 heavy (non-hydrogen) atoms. The Labute approximate surface area is 187 Å². The molecule has 1 aromatic carbocycles. The predicted molar refractivity (Wildman–Crippen MR) is 121 cm³/mol. The van der Waals surface area contributed by atoms with E-state index in [2.05, 4.69) is 37.2 Å². The molecule has 2 aliphatic carbocycles. The number of phenols is 1. The number of nitrogens with zero attached hydrogens (tertiary/aromatic N) is 5. The minimum atomic E-state index is -0.703. The third kappa shape index (κ3) is 4.18. The smallest absolute Gasteiger partial charge is 0.185 e. The number of anilines is 1. The lowest BCUT2D eigenvalue weighted by Gasteiger charge is -2.33. The molecule has 0 radical (unpaired) electrons. The molecule has 2 aliphatic rings. The van der Waals surface area contributed by atoms with Gasteiger partial charge in [-0.15, -0.1) is 10.2 Å². The molecule has 3 aromatic rings. The van der Waals surface area contributed by atoms with E-state index in [9.17, 15) is 9.50 Å². The maximum absolute atomic E-state index is 14.5. The number of aromatic hydroxyl groups is 1. The van der Waals surface area contributed by atoms with Crippen LogP contribution in [0.15, 0.2) is 36.8 Å². The van der Waals surface area contributed by atoms with Crippen LogP contribution in [0.5, 0.6) is 5.75 Å². The Bertz CT molecular complexity index is 1040. The summed E-state index contributed by atoms with van der Waals surface area (Å²) in [5, 5.41) is 26.1. The van der Waals surface area contributed by atoms with Crippen LogP contribution in [-0.2, 0) is 0 Å². The second kappa shape index (κ2) is 8.84. The Hall–Kier alpha value is -3.03. The maximum Gasteiger partial charge on any atom is 0.185 e. The molecule has 0 saturated heterocycles. The second-order valence-corrected chi connectivity index (χ2v) is 9.00. The van der Waals surface area contributed by atoms with Gasteiger partial charge in [0.1, 0.15) is 11.9 Å². The Balaban J connectivity index is 1.38. The minimum absolute atomic E-state index is 0.0980. The third-order valence-corrected chi connectivity index (χ3v) is 6.85. The zero-order chi connectivity index (χ0) is 22.1. The van der Waals surface area contributed by atoms with Crippen LogP contribution in [0, 0.1) is 5.92 Å². The summed E-state index contributed by atoms with van der Waals surface area (Å²) < 4.78 is 14.5. The van der Waals surface area contributed by atoms with Crippen molar-refractivity contribution < 1.29 is 9.50 Å². The number of nitrogens with one attached hydrogen (secondary N) is 1. The average Bonchev–Trinajstić information content (AvgIpc) is 3.52. The molecule has 5 rings (SSSR count). The Morgan fingerprint density at radius 2 is 1.97 bits per heavy atom. The standard InChI is InChI=1S/C24H29FN6O/c1-2-15-10-19(4-3-5-21(15)25)31(18-7-8-18)23-14-26-24(30-29-23)20-9-6-16(11-22(20)32)17-12-27-28-13-17/h6,9,11-15,18-19,21,32H,2-5,7-8,10H2,1H3,(H,27,28)/t15-,19-,21-/m0/s1. The van der Waals surface area contributed by atoms with Crippen LogP contribution in [0.25, 0.3) is 22.5 Å². The number of rotatable bonds is 6. The number of aromatic amines is 1. The van der Waals surface area contributed by atoms with Crippen molar-refractivity contribution in [1.29, 1.82) is 0 Å². The average molecular weight is 437 g/mol. The molecule has 7 nitrogen and oxygen atoms in total. The number of hydrogen-bond acceptors (Lipinski definition) is 6. The fourth-order valence-electron chi connectivity index (χ4n) is 4.92. The second-order valence-electron chi connectivity index (χ2n) is 9.00. The molecule has 2 saturated carbocycles. The van der Waals surface area contributed by atoms with Crippen LogP contribution in [0.4, 0.5) is 10.2 Å². The van der Waals surface area contributed by atoms with Gasteiger partial charge in [-0.25, -0.2) is 9.37 Å². The fraction of sp³-hybridized carbons (Fsp3) is 0.500. The van der Waals surface area contributed by atoms with E-state index in [1.54, 1.807) is 30.7 Å². The highest BCUT2D eigenvalue weighted by molar-refractivity contribution is 5.72. The van der Waals surface area contributed by atoms with Gasteiger partial charge in [-0.3, -0.25) is 5.10 Å². The zero-order valence-corrected chi connectivity index (χ0v) is 18.3. The van der Waals surface area contributed by atoms with Gasteiger partial charge in [0.2, 0.25) is 0 Å². The van der Waals surface area contributed by atoms with Gasteiger partial charge in [0.05, 0.1) is 18.0 Å². The van der Waals surface area contributed by atoms with Crippen LogP contribution in [-0.4, -0.2) is 48.7 Å². The normalized spacial score (nSPS) is 23.6. The van der Waals surface area contributed by atoms with E-state index in [4.69, 9.17) is 0 Å². The van der Waals surface area contributed by atoms with Crippen molar-refractivity contribution in [2.45, 2.75) is 70.1 Å². The Kier molecular flexibility index (Phi) is 5.76. The largest absolute Gasteiger partial charge is 0.507 e. The molecule has 0 amide bonds. The number of H-pyrrole nitrogens is 1. The lowest BCUT2D eigenvalue weighted by Crippen LogP contribution is -2.39. The van der Waals surface area contributed by atoms with Crippen molar-refractivity contribution in [3.05, 3.63) is 36.8 Å². The molecule has 2 N–H and O–H groups in total. The van der Waals surface area contributed by atoms with Crippen molar-refractivity contribution in [2.75, 3.05) is 4.90 Å². The number of aromatic nitrogens is 5. The van der Waals surface area contributed by atoms with Gasteiger partial charge in [-0.2, -0.15) is 5.10 Å². The van der Waals surface area contributed by atoms with Gasteiger partial charge in [-0.05, 0) is 62.1 Å². The highest BCUT2D eigenvalue weighted by atomic mass is 19.1. The molecule has 0 aliphatic heterocycles. The van der Waals surface area contributed by atoms with E-state index >= 15 is 0 Å². The van der Waals surface area contributed by atoms with E-state index in [1.807, 2.05) is 6.07 Å². The van der Waals surface area contributed by atoms with Gasteiger partial charge in [-0.1, -0.05) is 19.4 Å². The molecule has 168 valence electrons. The summed E-state index contributed by atoms with van der Waals surface area (Å²) >= 11 is 0. The van der Waals surface area contributed by atoms with Crippen LogP contribution >= 0.6 is 0 Å². The highest BCUT2D eigenvalue weighted by Crippen LogP contribution is 2.39. The number of alkyl halides is 1. The third-order valence-electron chi connectivity index (χ3n) is 6.85. The van der Waals surface area contributed by atoms with E-state index in [0.29, 0.717) is 23.9 Å².